The highest BCUT2D eigenvalue weighted by Crippen LogP contribution is 2.40. The Morgan fingerprint density at radius 2 is 2.15 bits per heavy atom. The van der Waals surface area contributed by atoms with E-state index in [-0.39, 0.29) is 5.60 Å². The second-order valence-electron chi connectivity index (χ2n) is 5.87. The lowest BCUT2D eigenvalue weighted by atomic mass is 9.88. The van der Waals surface area contributed by atoms with Crippen molar-refractivity contribution >= 4 is 17.3 Å². The number of benzene rings is 1. The SMILES string of the molecule is N#Cc1ccc(Cl)cc1NC1CCOC2(CCCC2)C1. The van der Waals surface area contributed by atoms with Gasteiger partial charge in [-0.3, -0.25) is 0 Å². The molecule has 1 saturated heterocycles. The summed E-state index contributed by atoms with van der Waals surface area (Å²) in [5.41, 5.74) is 1.59. The summed E-state index contributed by atoms with van der Waals surface area (Å²) in [6, 6.07) is 7.96. The summed E-state index contributed by atoms with van der Waals surface area (Å²) in [4.78, 5) is 0. The third-order valence-corrected chi connectivity index (χ3v) is 4.70. The second kappa shape index (κ2) is 5.63. The van der Waals surface area contributed by atoms with Gasteiger partial charge < -0.3 is 10.1 Å². The maximum Gasteiger partial charge on any atom is 0.101 e. The van der Waals surface area contributed by atoms with Crippen molar-refractivity contribution in [1.82, 2.24) is 0 Å². The molecule has 3 rings (SSSR count). The van der Waals surface area contributed by atoms with Crippen LogP contribution in [0.2, 0.25) is 5.02 Å². The topological polar surface area (TPSA) is 45.0 Å². The molecule has 1 aromatic rings. The minimum Gasteiger partial charge on any atom is -0.381 e. The molecule has 1 saturated carbocycles. The molecular formula is C16H19ClN2O. The van der Waals surface area contributed by atoms with Crippen LogP contribution in [0.3, 0.4) is 0 Å². The van der Waals surface area contributed by atoms with Crippen LogP contribution in [0.1, 0.15) is 44.1 Å². The Morgan fingerprint density at radius 1 is 1.35 bits per heavy atom. The van der Waals surface area contributed by atoms with Gasteiger partial charge in [0.05, 0.1) is 16.9 Å². The molecule has 3 nitrogen and oxygen atoms in total. The van der Waals surface area contributed by atoms with Crippen molar-refractivity contribution < 1.29 is 4.74 Å². The number of nitrogens with zero attached hydrogens (tertiary/aromatic N) is 1. The number of nitrogens with one attached hydrogen (secondary N) is 1. The summed E-state index contributed by atoms with van der Waals surface area (Å²) < 4.78 is 6.04. The Kier molecular flexibility index (Phi) is 3.87. The lowest BCUT2D eigenvalue weighted by Crippen LogP contribution is -2.42. The van der Waals surface area contributed by atoms with E-state index in [1.54, 1.807) is 12.1 Å². The molecule has 0 radical (unpaired) electrons. The van der Waals surface area contributed by atoms with Gasteiger partial charge in [-0.15, -0.1) is 0 Å². The number of halogens is 1. The van der Waals surface area contributed by atoms with Gasteiger partial charge in [-0.2, -0.15) is 5.26 Å². The van der Waals surface area contributed by atoms with Crippen molar-refractivity contribution in [2.75, 3.05) is 11.9 Å². The zero-order valence-electron chi connectivity index (χ0n) is 11.5. The van der Waals surface area contributed by atoms with Crippen molar-refractivity contribution in [2.45, 2.75) is 50.2 Å². The van der Waals surface area contributed by atoms with Crippen LogP contribution in [0.5, 0.6) is 0 Å². The van der Waals surface area contributed by atoms with Gasteiger partial charge in [0.2, 0.25) is 0 Å². The number of nitriles is 1. The molecule has 1 aliphatic heterocycles. The molecule has 2 aliphatic rings. The van der Waals surface area contributed by atoms with Crippen molar-refractivity contribution in [2.24, 2.45) is 0 Å². The Bertz CT molecular complexity index is 532. The number of rotatable bonds is 2. The Morgan fingerprint density at radius 3 is 2.90 bits per heavy atom. The van der Waals surface area contributed by atoms with E-state index in [0.717, 1.165) is 25.1 Å². The van der Waals surface area contributed by atoms with Gasteiger partial charge in [0, 0.05) is 17.7 Å². The second-order valence-corrected chi connectivity index (χ2v) is 6.31. The van der Waals surface area contributed by atoms with E-state index in [2.05, 4.69) is 11.4 Å². The van der Waals surface area contributed by atoms with Gasteiger partial charge in [0.15, 0.2) is 0 Å². The highest BCUT2D eigenvalue weighted by Gasteiger charge is 2.39. The molecule has 4 heteroatoms. The molecule has 2 fully saturated rings. The van der Waals surface area contributed by atoms with Crippen LogP contribution >= 0.6 is 11.6 Å². The first-order chi connectivity index (χ1) is 9.71. The fourth-order valence-electron chi connectivity index (χ4n) is 3.47. The number of ether oxygens (including phenoxy) is 1. The average Bonchev–Trinajstić information content (AvgIpc) is 2.87. The Balaban J connectivity index is 1.74. The molecule has 0 amide bonds. The average molecular weight is 291 g/mol. The molecule has 1 aliphatic carbocycles. The standard InChI is InChI=1S/C16H19ClN2O/c17-13-4-3-12(11-18)15(9-13)19-14-5-8-20-16(10-14)6-1-2-7-16/h3-4,9,14,19H,1-2,5-8,10H2. The fraction of sp³-hybridized carbons (Fsp3) is 0.562. The Labute approximate surface area is 124 Å². The molecule has 1 spiro atoms. The van der Waals surface area contributed by atoms with E-state index >= 15 is 0 Å². The quantitative estimate of drug-likeness (QED) is 0.891. The van der Waals surface area contributed by atoms with Crippen LogP contribution in [0.4, 0.5) is 5.69 Å². The van der Waals surface area contributed by atoms with Crippen molar-refractivity contribution in [3.63, 3.8) is 0 Å². The van der Waals surface area contributed by atoms with Crippen LogP contribution in [-0.2, 0) is 4.74 Å². The lowest BCUT2D eigenvalue weighted by Gasteiger charge is -2.39. The Hall–Kier alpha value is -1.24. The van der Waals surface area contributed by atoms with Crippen LogP contribution in [0.15, 0.2) is 18.2 Å². The van der Waals surface area contributed by atoms with Crippen LogP contribution in [0, 0.1) is 11.3 Å². The number of anilines is 1. The third kappa shape index (κ3) is 2.77. The molecule has 0 bridgehead atoms. The molecule has 1 unspecified atom stereocenters. The zero-order valence-corrected chi connectivity index (χ0v) is 12.2. The lowest BCUT2D eigenvalue weighted by molar-refractivity contribution is -0.0767. The van der Waals surface area contributed by atoms with Gasteiger partial charge in [0.25, 0.3) is 0 Å². The summed E-state index contributed by atoms with van der Waals surface area (Å²) in [5.74, 6) is 0. The molecular weight excluding hydrogens is 272 g/mol. The largest absolute Gasteiger partial charge is 0.381 e. The molecule has 1 aromatic carbocycles. The molecule has 0 aromatic heterocycles. The molecule has 20 heavy (non-hydrogen) atoms. The summed E-state index contributed by atoms with van der Waals surface area (Å²) >= 11 is 6.04. The summed E-state index contributed by atoms with van der Waals surface area (Å²) in [6.45, 7) is 0.806. The van der Waals surface area contributed by atoms with Crippen molar-refractivity contribution in [3.05, 3.63) is 28.8 Å². The maximum absolute atomic E-state index is 9.19. The predicted molar refractivity (Wildman–Crippen MR) is 80.0 cm³/mol. The maximum atomic E-state index is 9.19. The van der Waals surface area contributed by atoms with E-state index in [0.29, 0.717) is 16.6 Å². The van der Waals surface area contributed by atoms with E-state index < -0.39 is 0 Å². The van der Waals surface area contributed by atoms with Crippen molar-refractivity contribution in [3.8, 4) is 6.07 Å². The third-order valence-electron chi connectivity index (χ3n) is 4.47. The highest BCUT2D eigenvalue weighted by molar-refractivity contribution is 6.30. The van der Waals surface area contributed by atoms with Gasteiger partial charge in [0.1, 0.15) is 6.07 Å². The highest BCUT2D eigenvalue weighted by atomic mass is 35.5. The van der Waals surface area contributed by atoms with Gasteiger partial charge in [-0.25, -0.2) is 0 Å². The number of hydrogen-bond donors (Lipinski definition) is 1. The first-order valence-corrected chi connectivity index (χ1v) is 7.69. The zero-order chi connectivity index (χ0) is 14.0. The normalized spacial score (nSPS) is 24.5. The van der Waals surface area contributed by atoms with E-state index in [4.69, 9.17) is 16.3 Å². The molecule has 106 valence electrons. The first kappa shape index (κ1) is 13.7. The first-order valence-electron chi connectivity index (χ1n) is 7.31. The van der Waals surface area contributed by atoms with E-state index in [9.17, 15) is 5.26 Å². The van der Waals surface area contributed by atoms with Crippen LogP contribution < -0.4 is 5.32 Å². The van der Waals surface area contributed by atoms with Crippen LogP contribution in [0.25, 0.3) is 0 Å². The van der Waals surface area contributed by atoms with E-state index in [1.807, 2.05) is 6.07 Å². The van der Waals surface area contributed by atoms with E-state index in [1.165, 1.54) is 25.7 Å². The van der Waals surface area contributed by atoms with Crippen LogP contribution in [-0.4, -0.2) is 18.2 Å². The summed E-state index contributed by atoms with van der Waals surface area (Å²) in [6.07, 6.45) is 6.90. The molecule has 1 N–H and O–H groups in total. The smallest absolute Gasteiger partial charge is 0.101 e. The minimum absolute atomic E-state index is 0.0846. The fourth-order valence-corrected chi connectivity index (χ4v) is 3.64. The summed E-state index contributed by atoms with van der Waals surface area (Å²) in [7, 11) is 0. The van der Waals surface area contributed by atoms with Gasteiger partial charge in [-0.05, 0) is 43.9 Å². The van der Waals surface area contributed by atoms with Gasteiger partial charge in [-0.1, -0.05) is 24.4 Å². The minimum atomic E-state index is 0.0846. The molecule has 1 atom stereocenters. The van der Waals surface area contributed by atoms with Crippen molar-refractivity contribution in [1.29, 1.82) is 5.26 Å². The monoisotopic (exact) mass is 290 g/mol. The molecule has 1 heterocycles. The van der Waals surface area contributed by atoms with Gasteiger partial charge >= 0.3 is 0 Å². The predicted octanol–water partition coefficient (Wildman–Crippen LogP) is 4.12. The number of hydrogen-bond acceptors (Lipinski definition) is 3. The summed E-state index contributed by atoms with van der Waals surface area (Å²) in [5, 5.41) is 13.4.